The highest BCUT2D eigenvalue weighted by Gasteiger charge is 2.09. The number of carboxylic acid groups (broad SMARTS) is 1. The largest absolute Gasteiger partial charge is 0.478 e. The molecule has 8 nitrogen and oxygen atoms in total. The smallest absolute Gasteiger partial charge is 0.335 e. The number of nitro benzene ring substituents is 1. The molecule has 3 aromatic carbocycles. The summed E-state index contributed by atoms with van der Waals surface area (Å²) in [5.74, 6) is -0.699. The Balaban J connectivity index is 1.71. The van der Waals surface area contributed by atoms with Crippen molar-refractivity contribution in [2.75, 3.05) is 5.32 Å². The van der Waals surface area contributed by atoms with Crippen molar-refractivity contribution in [1.29, 1.82) is 0 Å². The predicted octanol–water partition coefficient (Wildman–Crippen LogP) is 4.74. The lowest BCUT2D eigenvalue weighted by Gasteiger charge is -2.11. The molecule has 0 aliphatic rings. The fourth-order valence-corrected chi connectivity index (χ4v) is 2.54. The molecule has 0 atom stereocenters. The summed E-state index contributed by atoms with van der Waals surface area (Å²) in [7, 11) is 0. The van der Waals surface area contributed by atoms with Crippen molar-refractivity contribution in [3.63, 3.8) is 0 Å². The first kappa shape index (κ1) is 20.3. The molecule has 0 bridgehead atoms. The molecular weight excluding hydrogens is 388 g/mol. The zero-order valence-corrected chi connectivity index (χ0v) is 15.5. The van der Waals surface area contributed by atoms with E-state index in [1.807, 2.05) is 0 Å². The lowest BCUT2D eigenvalue weighted by atomic mass is 10.2. The average Bonchev–Trinajstić information content (AvgIpc) is 2.74. The number of aromatic carboxylic acids is 1. The first-order valence-electron chi connectivity index (χ1n) is 8.76. The fraction of sp³-hybridized carbons (Fsp3) is 0. The van der Waals surface area contributed by atoms with Gasteiger partial charge in [0.2, 0.25) is 5.91 Å². The number of hydrogen-bond acceptors (Lipinski definition) is 5. The van der Waals surface area contributed by atoms with Gasteiger partial charge in [-0.2, -0.15) is 0 Å². The van der Waals surface area contributed by atoms with E-state index in [0.717, 1.165) is 0 Å². The summed E-state index contributed by atoms with van der Waals surface area (Å²) >= 11 is 0. The van der Waals surface area contributed by atoms with Gasteiger partial charge in [-0.15, -0.1) is 0 Å². The number of ether oxygens (including phenoxy) is 1. The highest BCUT2D eigenvalue weighted by atomic mass is 16.6. The first-order chi connectivity index (χ1) is 14.4. The molecule has 1 amide bonds. The highest BCUT2D eigenvalue weighted by Crippen LogP contribution is 2.29. The third-order valence-electron chi connectivity index (χ3n) is 3.98. The zero-order chi connectivity index (χ0) is 21.5. The van der Waals surface area contributed by atoms with Gasteiger partial charge in [-0.25, -0.2) is 4.79 Å². The number of hydrogen-bond donors (Lipinski definition) is 2. The molecule has 8 heteroatoms. The molecule has 0 aromatic heterocycles. The maximum Gasteiger partial charge on any atom is 0.335 e. The Morgan fingerprint density at radius 1 is 1.00 bits per heavy atom. The number of nitro groups is 1. The molecule has 0 aliphatic carbocycles. The van der Waals surface area contributed by atoms with Crippen molar-refractivity contribution in [3.05, 3.63) is 100 Å². The number of rotatable bonds is 7. The molecule has 0 heterocycles. The van der Waals surface area contributed by atoms with E-state index in [4.69, 9.17) is 9.84 Å². The quantitative estimate of drug-likeness (QED) is 0.334. The molecule has 0 spiro atoms. The van der Waals surface area contributed by atoms with Crippen molar-refractivity contribution >= 4 is 29.3 Å². The van der Waals surface area contributed by atoms with Crippen molar-refractivity contribution in [2.45, 2.75) is 0 Å². The number of nitrogens with zero attached hydrogens (tertiary/aromatic N) is 1. The number of benzene rings is 3. The molecule has 0 fully saturated rings. The molecule has 3 aromatic rings. The molecule has 0 aliphatic heterocycles. The van der Waals surface area contributed by atoms with Crippen molar-refractivity contribution < 1.29 is 24.4 Å². The molecule has 0 radical (unpaired) electrons. The van der Waals surface area contributed by atoms with Crippen LogP contribution in [-0.4, -0.2) is 21.9 Å². The van der Waals surface area contributed by atoms with Gasteiger partial charge >= 0.3 is 5.97 Å². The van der Waals surface area contributed by atoms with E-state index >= 15 is 0 Å². The van der Waals surface area contributed by atoms with Crippen LogP contribution >= 0.6 is 0 Å². The Kier molecular flexibility index (Phi) is 6.19. The van der Waals surface area contributed by atoms with Crippen LogP contribution in [0.4, 0.5) is 11.4 Å². The molecule has 0 unspecified atom stereocenters. The summed E-state index contributed by atoms with van der Waals surface area (Å²) < 4.78 is 5.74. The molecule has 0 saturated carbocycles. The van der Waals surface area contributed by atoms with E-state index in [-0.39, 0.29) is 11.3 Å². The minimum atomic E-state index is -1.04. The van der Waals surface area contributed by atoms with Crippen LogP contribution in [0.15, 0.2) is 78.9 Å². The maximum atomic E-state index is 12.3. The zero-order valence-electron chi connectivity index (χ0n) is 15.5. The molecule has 2 N–H and O–H groups in total. The second-order valence-corrected chi connectivity index (χ2v) is 6.10. The minimum absolute atomic E-state index is 0.0646. The number of nitrogens with one attached hydrogen (secondary N) is 1. The Morgan fingerprint density at radius 3 is 2.43 bits per heavy atom. The van der Waals surface area contributed by atoms with Gasteiger partial charge in [0.25, 0.3) is 5.69 Å². The summed E-state index contributed by atoms with van der Waals surface area (Å²) in [6.07, 6.45) is 2.73. The van der Waals surface area contributed by atoms with Gasteiger partial charge in [0.15, 0.2) is 5.75 Å². The van der Waals surface area contributed by atoms with Gasteiger partial charge in [-0.3, -0.25) is 14.9 Å². The Hall–Kier alpha value is -4.46. The van der Waals surface area contributed by atoms with Crippen LogP contribution in [0.1, 0.15) is 15.9 Å². The summed E-state index contributed by atoms with van der Waals surface area (Å²) in [4.78, 5) is 33.5. The van der Waals surface area contributed by atoms with Crippen molar-refractivity contribution in [2.24, 2.45) is 0 Å². The summed E-state index contributed by atoms with van der Waals surface area (Å²) in [5.41, 5.74) is 0.997. The number of carbonyl (C=O) groups excluding carboxylic acids is 1. The number of carbonyl (C=O) groups is 2. The topological polar surface area (TPSA) is 119 Å². The van der Waals surface area contributed by atoms with Crippen LogP contribution in [0.5, 0.6) is 11.5 Å². The van der Waals surface area contributed by atoms with E-state index < -0.39 is 16.8 Å². The molecule has 0 saturated heterocycles. The molecule has 30 heavy (non-hydrogen) atoms. The molecular formula is C22H16N2O6. The van der Waals surface area contributed by atoms with Gasteiger partial charge in [-0.1, -0.05) is 24.3 Å². The predicted molar refractivity (Wildman–Crippen MR) is 111 cm³/mol. The van der Waals surface area contributed by atoms with E-state index in [1.165, 1.54) is 54.6 Å². The Bertz CT molecular complexity index is 1120. The van der Waals surface area contributed by atoms with Crippen molar-refractivity contribution in [1.82, 2.24) is 0 Å². The van der Waals surface area contributed by atoms with Crippen LogP contribution < -0.4 is 10.1 Å². The van der Waals surface area contributed by atoms with Crippen LogP contribution in [-0.2, 0) is 4.79 Å². The maximum absolute atomic E-state index is 12.3. The number of para-hydroxylation sites is 2. The summed E-state index contributed by atoms with van der Waals surface area (Å²) in [5, 5.41) is 22.5. The fourth-order valence-electron chi connectivity index (χ4n) is 2.54. The third-order valence-corrected chi connectivity index (χ3v) is 3.98. The van der Waals surface area contributed by atoms with Gasteiger partial charge in [0.05, 0.1) is 16.2 Å². The summed E-state index contributed by atoms with van der Waals surface area (Å²) in [6, 6.07) is 18.6. The Morgan fingerprint density at radius 2 is 1.73 bits per heavy atom. The van der Waals surface area contributed by atoms with E-state index in [9.17, 15) is 19.7 Å². The van der Waals surface area contributed by atoms with Gasteiger partial charge in [0.1, 0.15) is 5.75 Å². The van der Waals surface area contributed by atoms with Crippen LogP contribution in [0, 0.1) is 10.1 Å². The average molecular weight is 404 g/mol. The number of amides is 1. The second kappa shape index (κ2) is 9.16. The number of carboxylic acids is 1. The van der Waals surface area contributed by atoms with Crippen LogP contribution in [0.2, 0.25) is 0 Å². The number of non-ortho nitro benzene ring substituents is 1. The normalized spacial score (nSPS) is 10.5. The van der Waals surface area contributed by atoms with E-state index in [1.54, 1.807) is 30.3 Å². The standard InChI is InChI=1S/C22H16N2O6/c25-21(13-8-15-4-3-5-17(14-15)24(28)29)23-19-6-1-2-7-20(19)30-18-11-9-16(10-12-18)22(26)27/h1-14H,(H,23,25)(H,26,27)/b13-8+. The van der Waals surface area contributed by atoms with E-state index in [2.05, 4.69) is 5.32 Å². The highest BCUT2D eigenvalue weighted by molar-refractivity contribution is 6.02. The molecule has 150 valence electrons. The summed E-state index contributed by atoms with van der Waals surface area (Å²) in [6.45, 7) is 0. The Labute approximate surface area is 171 Å². The minimum Gasteiger partial charge on any atom is -0.478 e. The monoisotopic (exact) mass is 404 g/mol. The van der Waals surface area contributed by atoms with Gasteiger partial charge in [-0.05, 0) is 48.0 Å². The van der Waals surface area contributed by atoms with Gasteiger partial charge < -0.3 is 15.2 Å². The first-order valence-corrected chi connectivity index (χ1v) is 8.76. The van der Waals surface area contributed by atoms with Crippen LogP contribution in [0.3, 0.4) is 0 Å². The lowest BCUT2D eigenvalue weighted by molar-refractivity contribution is -0.384. The second-order valence-electron chi connectivity index (χ2n) is 6.10. The van der Waals surface area contributed by atoms with E-state index in [0.29, 0.717) is 22.7 Å². The third kappa shape index (κ3) is 5.29. The van der Waals surface area contributed by atoms with Crippen LogP contribution in [0.25, 0.3) is 6.08 Å². The molecule has 3 rings (SSSR count). The van der Waals surface area contributed by atoms with Gasteiger partial charge in [0, 0.05) is 18.2 Å². The lowest BCUT2D eigenvalue weighted by Crippen LogP contribution is -2.08. The van der Waals surface area contributed by atoms with Crippen molar-refractivity contribution in [3.8, 4) is 11.5 Å². The number of anilines is 1. The SMILES string of the molecule is O=C(/C=C/c1cccc([N+](=O)[O-])c1)Nc1ccccc1Oc1ccc(C(=O)O)cc1.